The third-order valence-electron chi connectivity index (χ3n) is 3.16. The Morgan fingerprint density at radius 2 is 2.14 bits per heavy atom. The Morgan fingerprint density at radius 3 is 2.76 bits per heavy atom. The highest BCUT2D eigenvalue weighted by molar-refractivity contribution is 7.99. The van der Waals surface area contributed by atoms with Crippen LogP contribution in [0.25, 0.3) is 0 Å². The highest BCUT2D eigenvalue weighted by Crippen LogP contribution is 2.27. The van der Waals surface area contributed by atoms with E-state index in [9.17, 15) is 14.4 Å². The maximum Gasteiger partial charge on any atom is 0.271 e. The zero-order chi connectivity index (χ0) is 15.6. The molecule has 0 spiro atoms. The van der Waals surface area contributed by atoms with Gasteiger partial charge in [0.2, 0.25) is 11.8 Å². The molecule has 0 saturated carbocycles. The molecule has 0 aromatic carbocycles. The number of hydrogen-bond donors (Lipinski definition) is 2. The second kappa shape index (κ2) is 5.93. The number of aromatic amines is 1. The maximum absolute atomic E-state index is 12.4. The minimum Gasteiger partial charge on any atom is -0.327 e. The Morgan fingerprint density at radius 1 is 1.43 bits per heavy atom. The number of aromatic nitrogens is 1. The van der Waals surface area contributed by atoms with Gasteiger partial charge in [-0.15, -0.1) is 11.8 Å². The summed E-state index contributed by atoms with van der Waals surface area (Å²) in [5.74, 6) is 0.654. The van der Waals surface area contributed by atoms with Crippen LogP contribution >= 0.6 is 11.8 Å². The topological polar surface area (TPSA) is 82.3 Å². The lowest BCUT2D eigenvalue weighted by atomic mass is 9.94. The van der Waals surface area contributed by atoms with E-state index in [2.05, 4.69) is 10.3 Å². The number of pyridine rings is 1. The SMILES string of the molecule is CC(C)(C)C(=O)N1CSCC1C(=O)Nc1ccc[nH]c1=O. The van der Waals surface area contributed by atoms with Gasteiger partial charge < -0.3 is 15.2 Å². The van der Waals surface area contributed by atoms with Gasteiger partial charge in [0.1, 0.15) is 11.7 Å². The molecule has 1 aromatic heterocycles. The van der Waals surface area contributed by atoms with Gasteiger partial charge in [-0.3, -0.25) is 14.4 Å². The van der Waals surface area contributed by atoms with Gasteiger partial charge in [-0.25, -0.2) is 0 Å². The Kier molecular flexibility index (Phi) is 4.41. The van der Waals surface area contributed by atoms with E-state index in [-0.39, 0.29) is 23.1 Å². The summed E-state index contributed by atoms with van der Waals surface area (Å²) < 4.78 is 0. The number of thioether (sulfide) groups is 1. The second-order valence-corrected chi connectivity index (χ2v) is 6.94. The molecule has 1 aliphatic heterocycles. The van der Waals surface area contributed by atoms with Crippen molar-refractivity contribution >= 4 is 29.3 Å². The van der Waals surface area contributed by atoms with Gasteiger partial charge in [0, 0.05) is 17.4 Å². The third kappa shape index (κ3) is 3.47. The van der Waals surface area contributed by atoms with Crippen LogP contribution < -0.4 is 10.9 Å². The molecular formula is C14H19N3O3S. The summed E-state index contributed by atoms with van der Waals surface area (Å²) in [5, 5.41) is 2.60. The lowest BCUT2D eigenvalue weighted by Gasteiger charge is -2.29. The number of anilines is 1. The lowest BCUT2D eigenvalue weighted by Crippen LogP contribution is -2.48. The molecule has 1 atom stereocenters. The fourth-order valence-corrected chi connectivity index (χ4v) is 3.18. The molecular weight excluding hydrogens is 290 g/mol. The molecule has 21 heavy (non-hydrogen) atoms. The molecule has 2 rings (SSSR count). The monoisotopic (exact) mass is 309 g/mol. The standard InChI is InChI=1S/C14H19N3O3S/c1-14(2,3)13(20)17-8-21-7-10(17)12(19)16-9-5-4-6-15-11(9)18/h4-6,10H,7-8H2,1-3H3,(H,15,18)(H,16,19). The van der Waals surface area contributed by atoms with Gasteiger partial charge in [-0.05, 0) is 12.1 Å². The molecule has 1 saturated heterocycles. The Hall–Kier alpha value is -1.76. The highest BCUT2D eigenvalue weighted by atomic mass is 32.2. The van der Waals surface area contributed by atoms with Crippen LogP contribution in [0.3, 0.4) is 0 Å². The minimum absolute atomic E-state index is 0.0605. The van der Waals surface area contributed by atoms with Crippen molar-refractivity contribution in [1.29, 1.82) is 0 Å². The molecule has 2 amide bonds. The molecule has 114 valence electrons. The number of nitrogens with zero attached hydrogens (tertiary/aromatic N) is 1. The molecule has 1 aromatic rings. The Labute approximate surface area is 127 Å². The number of H-pyrrole nitrogens is 1. The van der Waals surface area contributed by atoms with Crippen molar-refractivity contribution in [2.75, 3.05) is 16.9 Å². The van der Waals surface area contributed by atoms with Crippen LogP contribution in [0.4, 0.5) is 5.69 Å². The van der Waals surface area contributed by atoms with E-state index in [1.807, 2.05) is 20.8 Å². The van der Waals surface area contributed by atoms with E-state index in [1.165, 1.54) is 24.0 Å². The molecule has 1 fully saturated rings. The number of hydrogen-bond acceptors (Lipinski definition) is 4. The number of carbonyl (C=O) groups is 2. The van der Waals surface area contributed by atoms with Crippen molar-refractivity contribution in [1.82, 2.24) is 9.88 Å². The summed E-state index contributed by atoms with van der Waals surface area (Å²) in [4.78, 5) is 40.4. The second-order valence-electron chi connectivity index (χ2n) is 5.94. The van der Waals surface area contributed by atoms with Gasteiger partial charge in [0.05, 0.1) is 5.88 Å². The first kappa shape index (κ1) is 15.6. The summed E-state index contributed by atoms with van der Waals surface area (Å²) in [7, 11) is 0. The Balaban J connectivity index is 2.13. The fourth-order valence-electron chi connectivity index (χ4n) is 2.03. The molecule has 2 N–H and O–H groups in total. The summed E-state index contributed by atoms with van der Waals surface area (Å²) in [5.41, 5.74) is -0.694. The first-order valence-electron chi connectivity index (χ1n) is 6.68. The summed E-state index contributed by atoms with van der Waals surface area (Å²) in [6.45, 7) is 5.49. The van der Waals surface area contributed by atoms with Crippen LogP contribution in [0.5, 0.6) is 0 Å². The van der Waals surface area contributed by atoms with E-state index in [0.717, 1.165) is 0 Å². The smallest absolute Gasteiger partial charge is 0.271 e. The van der Waals surface area contributed by atoms with Crippen LogP contribution in [-0.4, -0.2) is 39.4 Å². The van der Waals surface area contributed by atoms with E-state index in [1.54, 1.807) is 11.0 Å². The maximum atomic E-state index is 12.4. The summed E-state index contributed by atoms with van der Waals surface area (Å²) in [6.07, 6.45) is 1.50. The number of nitrogens with one attached hydrogen (secondary N) is 2. The van der Waals surface area contributed by atoms with Crippen LogP contribution in [0.1, 0.15) is 20.8 Å². The van der Waals surface area contributed by atoms with E-state index < -0.39 is 11.5 Å². The molecule has 0 aliphatic carbocycles. The first-order chi connectivity index (χ1) is 9.80. The molecule has 7 heteroatoms. The van der Waals surface area contributed by atoms with Gasteiger partial charge in [0.15, 0.2) is 0 Å². The number of carbonyl (C=O) groups excluding carboxylic acids is 2. The molecule has 2 heterocycles. The summed E-state index contributed by atoms with van der Waals surface area (Å²) >= 11 is 1.54. The minimum atomic E-state index is -0.540. The predicted molar refractivity (Wildman–Crippen MR) is 83.1 cm³/mol. The zero-order valence-corrected chi connectivity index (χ0v) is 13.1. The quantitative estimate of drug-likeness (QED) is 0.861. The molecule has 0 bridgehead atoms. The lowest BCUT2D eigenvalue weighted by molar-refractivity contribution is -0.143. The van der Waals surface area contributed by atoms with Crippen LogP contribution in [0.15, 0.2) is 23.1 Å². The van der Waals surface area contributed by atoms with E-state index >= 15 is 0 Å². The van der Waals surface area contributed by atoms with Gasteiger partial charge >= 0.3 is 0 Å². The molecule has 6 nitrogen and oxygen atoms in total. The Bertz CT molecular complexity index is 606. The van der Waals surface area contributed by atoms with Gasteiger partial charge in [0.25, 0.3) is 5.56 Å². The summed E-state index contributed by atoms with van der Waals surface area (Å²) in [6, 6.07) is 2.63. The van der Waals surface area contributed by atoms with Crippen molar-refractivity contribution in [3.8, 4) is 0 Å². The third-order valence-corrected chi connectivity index (χ3v) is 4.18. The molecule has 1 aliphatic rings. The van der Waals surface area contributed by atoms with Crippen molar-refractivity contribution in [3.63, 3.8) is 0 Å². The fraction of sp³-hybridized carbons (Fsp3) is 0.500. The number of rotatable bonds is 2. The van der Waals surface area contributed by atoms with Crippen LogP contribution in [0.2, 0.25) is 0 Å². The van der Waals surface area contributed by atoms with E-state index in [4.69, 9.17) is 0 Å². The van der Waals surface area contributed by atoms with Crippen molar-refractivity contribution in [2.24, 2.45) is 5.41 Å². The van der Waals surface area contributed by atoms with Crippen molar-refractivity contribution < 1.29 is 9.59 Å². The van der Waals surface area contributed by atoms with Gasteiger partial charge in [-0.1, -0.05) is 20.8 Å². The largest absolute Gasteiger partial charge is 0.327 e. The highest BCUT2D eigenvalue weighted by Gasteiger charge is 2.39. The van der Waals surface area contributed by atoms with E-state index in [0.29, 0.717) is 11.6 Å². The van der Waals surface area contributed by atoms with Crippen LogP contribution in [-0.2, 0) is 9.59 Å². The normalized spacial score (nSPS) is 18.6. The van der Waals surface area contributed by atoms with Gasteiger partial charge in [-0.2, -0.15) is 0 Å². The molecule has 0 radical (unpaired) electrons. The van der Waals surface area contributed by atoms with Crippen molar-refractivity contribution in [3.05, 3.63) is 28.7 Å². The molecule has 1 unspecified atom stereocenters. The first-order valence-corrected chi connectivity index (χ1v) is 7.83. The number of amides is 2. The average molecular weight is 309 g/mol. The van der Waals surface area contributed by atoms with Crippen molar-refractivity contribution in [2.45, 2.75) is 26.8 Å². The average Bonchev–Trinajstić information content (AvgIpc) is 2.88. The van der Waals surface area contributed by atoms with Crippen LogP contribution in [0, 0.1) is 5.41 Å². The zero-order valence-electron chi connectivity index (χ0n) is 12.3. The predicted octanol–water partition coefficient (Wildman–Crippen LogP) is 1.26.